The third kappa shape index (κ3) is 4.22. The fourth-order valence-electron chi connectivity index (χ4n) is 4.85. The van der Waals surface area contributed by atoms with Crippen LogP contribution < -0.4 is 10.3 Å². The molecule has 3 aliphatic rings. The molecule has 7 nitrogen and oxygen atoms in total. The summed E-state index contributed by atoms with van der Waals surface area (Å²) in [7, 11) is 1.59. The van der Waals surface area contributed by atoms with Gasteiger partial charge in [0.15, 0.2) is 0 Å². The molecule has 2 amide bonds. The molecule has 4 heterocycles. The lowest BCUT2D eigenvalue weighted by molar-refractivity contribution is -0.137. The number of rotatable bonds is 4. The highest BCUT2D eigenvalue weighted by Crippen LogP contribution is 2.36. The lowest BCUT2D eigenvalue weighted by atomic mass is 9.83. The summed E-state index contributed by atoms with van der Waals surface area (Å²) in [5.74, 6) is 0.702. The van der Waals surface area contributed by atoms with E-state index in [0.29, 0.717) is 34.6 Å². The number of carbonyl (C=O) groups is 2. The van der Waals surface area contributed by atoms with Gasteiger partial charge in [0.25, 0.3) is 11.5 Å². The average Bonchev–Trinajstić information content (AvgIpc) is 3.07. The van der Waals surface area contributed by atoms with Crippen molar-refractivity contribution in [2.45, 2.75) is 18.9 Å². The number of benzene rings is 1. The van der Waals surface area contributed by atoms with Crippen LogP contribution in [0.4, 0.5) is 0 Å². The maximum atomic E-state index is 13.2. The number of nitrogens with zero attached hydrogens (tertiary/aromatic N) is 3. The molecule has 0 radical (unpaired) electrons. The molecule has 0 aliphatic carbocycles. The van der Waals surface area contributed by atoms with Crippen LogP contribution in [0.5, 0.6) is 5.75 Å². The zero-order chi connectivity index (χ0) is 23.1. The fourth-order valence-corrected chi connectivity index (χ4v) is 6.11. The van der Waals surface area contributed by atoms with Crippen LogP contribution in [0.3, 0.4) is 0 Å². The number of carbonyl (C=O) groups excluding carboxylic acids is 2. The van der Waals surface area contributed by atoms with Crippen LogP contribution in [-0.2, 0) is 16.1 Å². The molecule has 1 aromatic carbocycles. The van der Waals surface area contributed by atoms with Crippen molar-refractivity contribution in [3.8, 4) is 5.75 Å². The molecule has 2 fully saturated rings. The molecule has 2 aromatic rings. The monoisotopic (exact) mass is 481 g/mol. The molecule has 0 spiro atoms. The molecule has 0 saturated carbocycles. The van der Waals surface area contributed by atoms with E-state index in [4.69, 9.17) is 17.0 Å². The van der Waals surface area contributed by atoms with Crippen molar-refractivity contribution in [3.05, 3.63) is 69.0 Å². The summed E-state index contributed by atoms with van der Waals surface area (Å²) in [4.78, 5) is 42.1. The molecule has 5 rings (SSSR count). The average molecular weight is 482 g/mol. The van der Waals surface area contributed by atoms with Crippen molar-refractivity contribution < 1.29 is 14.3 Å². The molecule has 33 heavy (non-hydrogen) atoms. The molecule has 170 valence electrons. The number of fused-ring (bicyclic) bond motifs is 4. The number of aromatic nitrogens is 1. The van der Waals surface area contributed by atoms with Gasteiger partial charge in [-0.3, -0.25) is 19.3 Å². The van der Waals surface area contributed by atoms with Gasteiger partial charge in [0, 0.05) is 37.3 Å². The molecule has 9 heteroatoms. The van der Waals surface area contributed by atoms with Gasteiger partial charge in [0.05, 0.1) is 12.0 Å². The van der Waals surface area contributed by atoms with E-state index in [2.05, 4.69) is 0 Å². The van der Waals surface area contributed by atoms with Crippen molar-refractivity contribution in [3.63, 3.8) is 0 Å². The minimum absolute atomic E-state index is 0.0161. The Balaban J connectivity index is 1.29. The Kier molecular flexibility index (Phi) is 5.84. The number of amides is 2. The number of thiocarbonyl (C=S) groups is 1. The number of pyridine rings is 1. The Morgan fingerprint density at radius 1 is 1.18 bits per heavy atom. The number of likely N-dealkylation sites (tertiary alicyclic amines) is 1. The quantitative estimate of drug-likeness (QED) is 0.494. The molecule has 2 atom stereocenters. The summed E-state index contributed by atoms with van der Waals surface area (Å²) < 4.78 is 7.47. The minimum Gasteiger partial charge on any atom is -0.497 e. The van der Waals surface area contributed by atoms with Crippen LogP contribution in [0.2, 0.25) is 0 Å². The zero-order valence-electron chi connectivity index (χ0n) is 18.1. The summed E-state index contributed by atoms with van der Waals surface area (Å²) >= 11 is 6.63. The second-order valence-corrected chi connectivity index (χ2v) is 10.2. The van der Waals surface area contributed by atoms with Crippen molar-refractivity contribution in [1.29, 1.82) is 0 Å². The van der Waals surface area contributed by atoms with Crippen LogP contribution in [0.25, 0.3) is 6.08 Å². The van der Waals surface area contributed by atoms with Crippen LogP contribution in [0.15, 0.2) is 52.2 Å². The van der Waals surface area contributed by atoms with Gasteiger partial charge in [0.1, 0.15) is 16.6 Å². The predicted octanol–water partition coefficient (Wildman–Crippen LogP) is 2.70. The van der Waals surface area contributed by atoms with Gasteiger partial charge in [-0.05, 0) is 42.2 Å². The second kappa shape index (κ2) is 8.79. The Bertz CT molecular complexity index is 1240. The Morgan fingerprint density at radius 2 is 2.00 bits per heavy atom. The number of piperidine rings is 1. The maximum absolute atomic E-state index is 13.2. The smallest absolute Gasteiger partial charge is 0.266 e. The van der Waals surface area contributed by atoms with E-state index >= 15 is 0 Å². The number of thioether (sulfide) groups is 1. The summed E-state index contributed by atoms with van der Waals surface area (Å²) in [6.07, 6.45) is 2.74. The predicted molar refractivity (Wildman–Crippen MR) is 131 cm³/mol. The van der Waals surface area contributed by atoms with Crippen molar-refractivity contribution in [2.24, 2.45) is 5.92 Å². The minimum atomic E-state index is -0.254. The van der Waals surface area contributed by atoms with Gasteiger partial charge in [-0.1, -0.05) is 42.2 Å². The molecular formula is C24H23N3O4S2. The van der Waals surface area contributed by atoms with E-state index in [9.17, 15) is 14.4 Å². The summed E-state index contributed by atoms with van der Waals surface area (Å²) in [5, 5.41) is 0. The Morgan fingerprint density at radius 3 is 2.82 bits per heavy atom. The number of hydrogen-bond donors (Lipinski definition) is 0. The van der Waals surface area contributed by atoms with Crippen LogP contribution in [0, 0.1) is 5.92 Å². The fraction of sp³-hybridized carbons (Fsp3) is 0.333. The Labute approximate surface area is 201 Å². The highest BCUT2D eigenvalue weighted by atomic mass is 32.2. The van der Waals surface area contributed by atoms with Crippen molar-refractivity contribution >= 4 is 46.2 Å². The van der Waals surface area contributed by atoms with Crippen molar-refractivity contribution in [2.75, 3.05) is 26.7 Å². The first-order valence-corrected chi connectivity index (χ1v) is 12.0. The lowest BCUT2D eigenvalue weighted by Gasteiger charge is -2.43. The first-order valence-electron chi connectivity index (χ1n) is 10.8. The van der Waals surface area contributed by atoms with E-state index in [1.807, 2.05) is 39.8 Å². The number of hydrogen-bond acceptors (Lipinski definition) is 6. The molecule has 0 N–H and O–H groups in total. The molecule has 1 aromatic heterocycles. The number of methoxy groups -OCH3 is 1. The van der Waals surface area contributed by atoms with E-state index in [0.717, 1.165) is 17.7 Å². The van der Waals surface area contributed by atoms with Gasteiger partial charge in [0.2, 0.25) is 5.91 Å². The third-order valence-corrected chi connectivity index (χ3v) is 7.77. The SMILES string of the molecule is COc1cccc(C=C2SC(=S)N(CC(=O)N3C[C@H]4C[C@@H](C3)c3cccc(=O)n3C4)C2=O)c1. The molecule has 2 bridgehead atoms. The van der Waals surface area contributed by atoms with E-state index in [1.54, 1.807) is 25.3 Å². The van der Waals surface area contributed by atoms with Crippen LogP contribution >= 0.6 is 24.0 Å². The van der Waals surface area contributed by atoms with E-state index in [-0.39, 0.29) is 35.8 Å². The normalized spacial score (nSPS) is 23.1. The highest BCUT2D eigenvalue weighted by molar-refractivity contribution is 8.26. The number of ether oxygens (including phenoxy) is 1. The largest absolute Gasteiger partial charge is 0.497 e. The molecular weight excluding hydrogens is 458 g/mol. The summed E-state index contributed by atoms with van der Waals surface area (Å²) in [5.41, 5.74) is 1.84. The summed E-state index contributed by atoms with van der Waals surface area (Å²) in [6, 6.07) is 12.8. The second-order valence-electron chi connectivity index (χ2n) is 8.54. The molecule has 3 aliphatic heterocycles. The molecule has 2 saturated heterocycles. The van der Waals surface area contributed by atoms with E-state index < -0.39 is 0 Å². The first kappa shape index (κ1) is 21.9. The standard InChI is InChI=1S/C24H23N3O4S2/c1-31-18-5-2-4-15(9-18)10-20-23(30)27(24(32)33-20)14-22(29)25-11-16-8-17(13-25)19-6-3-7-21(28)26(19)12-16/h2-7,9-10,16-17H,8,11-14H2,1H3/t16-,17+/m1/s1. The van der Waals surface area contributed by atoms with Crippen molar-refractivity contribution in [1.82, 2.24) is 14.4 Å². The third-order valence-electron chi connectivity index (χ3n) is 6.39. The van der Waals surface area contributed by atoms with Gasteiger partial charge >= 0.3 is 0 Å². The zero-order valence-corrected chi connectivity index (χ0v) is 19.7. The van der Waals surface area contributed by atoms with Gasteiger partial charge in [-0.15, -0.1) is 0 Å². The van der Waals surface area contributed by atoms with Crippen LogP contribution in [0.1, 0.15) is 23.6 Å². The van der Waals surface area contributed by atoms with Crippen LogP contribution in [-0.4, -0.2) is 57.2 Å². The Hall–Kier alpha value is -2.91. The highest BCUT2D eigenvalue weighted by Gasteiger charge is 2.39. The van der Waals surface area contributed by atoms with Gasteiger partial charge in [-0.25, -0.2) is 0 Å². The lowest BCUT2D eigenvalue weighted by Crippen LogP contribution is -2.51. The summed E-state index contributed by atoms with van der Waals surface area (Å²) in [6.45, 7) is 1.69. The maximum Gasteiger partial charge on any atom is 0.266 e. The van der Waals surface area contributed by atoms with E-state index in [1.165, 1.54) is 16.7 Å². The first-order chi connectivity index (χ1) is 15.9. The van der Waals surface area contributed by atoms with Gasteiger partial charge in [-0.2, -0.15) is 0 Å². The molecule has 0 unspecified atom stereocenters. The topological polar surface area (TPSA) is 71.8 Å². The van der Waals surface area contributed by atoms with Gasteiger partial charge < -0.3 is 14.2 Å².